The summed E-state index contributed by atoms with van der Waals surface area (Å²) in [7, 11) is 0. The Balaban J connectivity index is 2.06. The maximum atomic E-state index is 5.35. The molecule has 2 N–H and O–H groups in total. The topological polar surface area (TPSA) is 59.1 Å². The Bertz CT molecular complexity index is 382. The van der Waals surface area contributed by atoms with Crippen molar-refractivity contribution in [2.24, 2.45) is 0 Å². The third-order valence-corrected chi connectivity index (χ3v) is 3.27. The third kappa shape index (κ3) is 3.74. The lowest BCUT2D eigenvalue weighted by molar-refractivity contribution is 0.195. The Morgan fingerprint density at radius 1 is 1.44 bits per heavy atom. The van der Waals surface area contributed by atoms with Crippen LogP contribution in [0.2, 0.25) is 0 Å². The van der Waals surface area contributed by atoms with Crippen LogP contribution >= 0.6 is 11.8 Å². The first-order chi connectivity index (χ1) is 8.81. The maximum absolute atomic E-state index is 5.35. The lowest BCUT2D eigenvalue weighted by Crippen LogP contribution is -2.20. The number of rotatable bonds is 6. The average molecular weight is 268 g/mol. The molecule has 0 amide bonds. The van der Waals surface area contributed by atoms with Crippen molar-refractivity contribution in [2.75, 3.05) is 36.6 Å². The predicted octanol–water partition coefficient (Wildman–Crippen LogP) is 2.22. The smallest absolute Gasteiger partial charge is 0.191 e. The Labute approximate surface area is 112 Å². The standard InChI is InChI=1S/C12H20N4OS/c1-3-5-13-10-7-11(16-12(15-10)18-2)14-9-4-6-17-8-9/h7,9H,3-6,8H2,1-2H3,(H2,13,14,15,16). The fourth-order valence-corrected chi connectivity index (χ4v) is 2.17. The van der Waals surface area contributed by atoms with Crippen molar-refractivity contribution >= 4 is 23.4 Å². The van der Waals surface area contributed by atoms with Crippen LogP contribution in [-0.2, 0) is 4.74 Å². The molecule has 100 valence electrons. The summed E-state index contributed by atoms with van der Waals surface area (Å²) in [5.41, 5.74) is 0. The molecule has 1 unspecified atom stereocenters. The molecule has 1 aromatic heterocycles. The zero-order valence-electron chi connectivity index (χ0n) is 10.9. The quantitative estimate of drug-likeness (QED) is 0.609. The van der Waals surface area contributed by atoms with E-state index < -0.39 is 0 Å². The van der Waals surface area contributed by atoms with Crippen LogP contribution in [0.5, 0.6) is 0 Å². The van der Waals surface area contributed by atoms with Crippen molar-refractivity contribution in [3.63, 3.8) is 0 Å². The van der Waals surface area contributed by atoms with Crippen LogP contribution in [0.4, 0.5) is 11.6 Å². The molecular formula is C12H20N4OS. The van der Waals surface area contributed by atoms with E-state index >= 15 is 0 Å². The van der Waals surface area contributed by atoms with Crippen LogP contribution in [0.25, 0.3) is 0 Å². The van der Waals surface area contributed by atoms with E-state index in [1.54, 1.807) is 11.8 Å². The van der Waals surface area contributed by atoms with Gasteiger partial charge in [0.2, 0.25) is 0 Å². The van der Waals surface area contributed by atoms with E-state index in [0.29, 0.717) is 6.04 Å². The van der Waals surface area contributed by atoms with Crippen molar-refractivity contribution in [1.82, 2.24) is 9.97 Å². The molecule has 6 heteroatoms. The largest absolute Gasteiger partial charge is 0.379 e. The normalized spacial score (nSPS) is 18.9. The van der Waals surface area contributed by atoms with Crippen LogP contribution in [0.1, 0.15) is 19.8 Å². The highest BCUT2D eigenvalue weighted by Crippen LogP contribution is 2.19. The second kappa shape index (κ2) is 6.80. The molecule has 2 heterocycles. The molecule has 0 spiro atoms. The van der Waals surface area contributed by atoms with Crippen molar-refractivity contribution in [1.29, 1.82) is 0 Å². The highest BCUT2D eigenvalue weighted by molar-refractivity contribution is 7.98. The van der Waals surface area contributed by atoms with Crippen molar-refractivity contribution < 1.29 is 4.74 Å². The zero-order chi connectivity index (χ0) is 12.8. The van der Waals surface area contributed by atoms with Crippen LogP contribution in [0, 0.1) is 0 Å². The number of hydrogen-bond acceptors (Lipinski definition) is 6. The minimum absolute atomic E-state index is 0.369. The zero-order valence-corrected chi connectivity index (χ0v) is 11.7. The third-order valence-electron chi connectivity index (χ3n) is 2.73. The van der Waals surface area contributed by atoms with Crippen molar-refractivity contribution in [2.45, 2.75) is 31.0 Å². The van der Waals surface area contributed by atoms with Gasteiger partial charge < -0.3 is 15.4 Å². The summed E-state index contributed by atoms with van der Waals surface area (Å²) in [5.74, 6) is 1.76. The van der Waals surface area contributed by atoms with Crippen LogP contribution in [0.3, 0.4) is 0 Å². The highest BCUT2D eigenvalue weighted by atomic mass is 32.2. The van der Waals surface area contributed by atoms with Gasteiger partial charge in [-0.25, -0.2) is 9.97 Å². The molecule has 2 rings (SSSR count). The van der Waals surface area contributed by atoms with Gasteiger partial charge in [0.05, 0.1) is 12.6 Å². The first-order valence-electron chi connectivity index (χ1n) is 6.33. The monoisotopic (exact) mass is 268 g/mol. The van der Waals surface area contributed by atoms with E-state index in [2.05, 4.69) is 27.5 Å². The molecule has 0 radical (unpaired) electrons. The SMILES string of the molecule is CCCNc1cc(NC2CCOC2)nc(SC)n1. The van der Waals surface area contributed by atoms with Gasteiger partial charge in [0, 0.05) is 19.2 Å². The van der Waals surface area contributed by atoms with E-state index in [1.807, 2.05) is 12.3 Å². The molecule has 1 fully saturated rings. The van der Waals surface area contributed by atoms with Gasteiger partial charge in [-0.3, -0.25) is 0 Å². The average Bonchev–Trinajstić information content (AvgIpc) is 2.89. The first kappa shape index (κ1) is 13.4. The van der Waals surface area contributed by atoms with Gasteiger partial charge in [-0.15, -0.1) is 0 Å². The summed E-state index contributed by atoms with van der Waals surface area (Å²) in [4.78, 5) is 8.90. The molecule has 1 saturated heterocycles. The number of thioether (sulfide) groups is 1. The summed E-state index contributed by atoms with van der Waals surface area (Å²) >= 11 is 1.56. The lowest BCUT2D eigenvalue weighted by Gasteiger charge is -2.13. The molecule has 5 nitrogen and oxygen atoms in total. The molecular weight excluding hydrogens is 248 g/mol. The fraction of sp³-hybridized carbons (Fsp3) is 0.667. The summed E-state index contributed by atoms with van der Waals surface area (Å²) in [6.07, 6.45) is 4.11. The second-order valence-corrected chi connectivity index (χ2v) is 5.03. The molecule has 1 aliphatic rings. The van der Waals surface area contributed by atoms with E-state index in [-0.39, 0.29) is 0 Å². The van der Waals surface area contributed by atoms with E-state index in [9.17, 15) is 0 Å². The van der Waals surface area contributed by atoms with Gasteiger partial charge in [0.1, 0.15) is 11.6 Å². The lowest BCUT2D eigenvalue weighted by atomic mass is 10.2. The summed E-state index contributed by atoms with van der Waals surface area (Å²) in [5, 5.41) is 7.49. The summed E-state index contributed by atoms with van der Waals surface area (Å²) in [6.45, 7) is 4.66. The summed E-state index contributed by atoms with van der Waals surface area (Å²) < 4.78 is 5.35. The number of anilines is 2. The number of aromatic nitrogens is 2. The van der Waals surface area contributed by atoms with Gasteiger partial charge in [-0.1, -0.05) is 18.7 Å². The molecule has 0 bridgehead atoms. The summed E-state index contributed by atoms with van der Waals surface area (Å²) in [6, 6.07) is 2.34. The minimum Gasteiger partial charge on any atom is -0.379 e. The van der Waals surface area contributed by atoms with E-state index in [1.165, 1.54) is 0 Å². The van der Waals surface area contributed by atoms with Gasteiger partial charge in [-0.2, -0.15) is 0 Å². The molecule has 18 heavy (non-hydrogen) atoms. The van der Waals surface area contributed by atoms with E-state index in [4.69, 9.17) is 4.74 Å². The molecule has 0 aliphatic carbocycles. The van der Waals surface area contributed by atoms with E-state index in [0.717, 1.165) is 49.4 Å². The number of hydrogen-bond donors (Lipinski definition) is 2. The molecule has 1 aliphatic heterocycles. The Hall–Kier alpha value is -1.01. The Morgan fingerprint density at radius 2 is 2.28 bits per heavy atom. The fourth-order valence-electron chi connectivity index (χ4n) is 1.79. The molecule has 1 atom stereocenters. The predicted molar refractivity (Wildman–Crippen MR) is 75.4 cm³/mol. The highest BCUT2D eigenvalue weighted by Gasteiger charge is 2.16. The second-order valence-electron chi connectivity index (χ2n) is 4.26. The Morgan fingerprint density at radius 3 is 2.94 bits per heavy atom. The van der Waals surface area contributed by atoms with Gasteiger partial charge in [0.25, 0.3) is 0 Å². The van der Waals surface area contributed by atoms with Crippen LogP contribution < -0.4 is 10.6 Å². The number of ether oxygens (including phenoxy) is 1. The molecule has 0 aromatic carbocycles. The molecule has 0 saturated carbocycles. The van der Waals surface area contributed by atoms with Crippen LogP contribution in [0.15, 0.2) is 11.2 Å². The molecule has 1 aromatic rings. The first-order valence-corrected chi connectivity index (χ1v) is 7.55. The van der Waals surface area contributed by atoms with Gasteiger partial charge in [0.15, 0.2) is 5.16 Å². The minimum atomic E-state index is 0.369. The maximum Gasteiger partial charge on any atom is 0.191 e. The van der Waals surface area contributed by atoms with Crippen molar-refractivity contribution in [3.05, 3.63) is 6.07 Å². The van der Waals surface area contributed by atoms with Crippen LogP contribution in [-0.4, -0.2) is 42.0 Å². The Kier molecular flexibility index (Phi) is 5.07. The number of nitrogens with zero attached hydrogens (tertiary/aromatic N) is 2. The van der Waals surface area contributed by atoms with Gasteiger partial charge >= 0.3 is 0 Å². The van der Waals surface area contributed by atoms with Crippen molar-refractivity contribution in [3.8, 4) is 0 Å². The number of nitrogens with one attached hydrogen (secondary N) is 2. The van der Waals surface area contributed by atoms with Gasteiger partial charge in [-0.05, 0) is 19.1 Å².